The molecular formula is C31H24ClN3O2S2. The number of halogens is 1. The maximum Gasteiger partial charge on any atom is 0.312 e. The minimum Gasteiger partial charge on any atom is -0.469 e. The largest absolute Gasteiger partial charge is 0.469 e. The van der Waals surface area contributed by atoms with Gasteiger partial charge in [0.05, 0.1) is 24.2 Å². The summed E-state index contributed by atoms with van der Waals surface area (Å²) >= 11 is 9.62. The number of aryl methyl sites for hydroxylation is 1. The van der Waals surface area contributed by atoms with Crippen LogP contribution < -0.4 is 4.90 Å². The summed E-state index contributed by atoms with van der Waals surface area (Å²) in [5.74, 6) is -0.276. The number of fused-ring (bicyclic) bond motifs is 1. The van der Waals surface area contributed by atoms with Crippen molar-refractivity contribution in [3.63, 3.8) is 0 Å². The second-order valence-corrected chi connectivity index (χ2v) is 11.9. The quantitative estimate of drug-likeness (QED) is 0.194. The van der Waals surface area contributed by atoms with E-state index in [0.29, 0.717) is 23.0 Å². The molecule has 6 rings (SSSR count). The van der Waals surface area contributed by atoms with E-state index in [1.54, 1.807) is 11.9 Å². The third-order valence-electron chi connectivity index (χ3n) is 7.04. The lowest BCUT2D eigenvalue weighted by atomic mass is 9.96. The molecule has 0 spiro atoms. The third kappa shape index (κ3) is 4.70. The Morgan fingerprint density at radius 2 is 1.90 bits per heavy atom. The molecule has 194 valence electrons. The van der Waals surface area contributed by atoms with Gasteiger partial charge in [0.1, 0.15) is 10.9 Å². The van der Waals surface area contributed by atoms with E-state index >= 15 is 0 Å². The van der Waals surface area contributed by atoms with Crippen molar-refractivity contribution in [1.29, 1.82) is 5.26 Å². The van der Waals surface area contributed by atoms with Crippen LogP contribution in [0.15, 0.2) is 83.1 Å². The Labute approximate surface area is 240 Å². The van der Waals surface area contributed by atoms with Crippen LogP contribution in [-0.2, 0) is 9.53 Å². The van der Waals surface area contributed by atoms with Gasteiger partial charge >= 0.3 is 5.97 Å². The molecule has 0 saturated carbocycles. The van der Waals surface area contributed by atoms with Gasteiger partial charge < -0.3 is 9.64 Å². The molecule has 39 heavy (non-hydrogen) atoms. The van der Waals surface area contributed by atoms with Crippen LogP contribution in [0.5, 0.6) is 0 Å². The van der Waals surface area contributed by atoms with Crippen LogP contribution >= 0.6 is 34.9 Å². The van der Waals surface area contributed by atoms with Gasteiger partial charge in [0.2, 0.25) is 0 Å². The molecule has 0 atom stereocenters. The number of carbonyl (C=O) groups excluding carboxylic acids is 1. The van der Waals surface area contributed by atoms with Gasteiger partial charge in [0, 0.05) is 50.8 Å². The number of ether oxygens (including phenoxy) is 1. The van der Waals surface area contributed by atoms with Crippen LogP contribution in [0, 0.1) is 24.2 Å². The number of nitriles is 1. The normalized spacial score (nSPS) is 13.3. The molecule has 0 amide bonds. The first kappa shape index (κ1) is 25.6. The van der Waals surface area contributed by atoms with Gasteiger partial charge in [-0.15, -0.1) is 11.3 Å². The highest BCUT2D eigenvalue weighted by Gasteiger charge is 2.34. The molecule has 1 fully saturated rings. The van der Waals surface area contributed by atoms with Crippen molar-refractivity contribution in [2.24, 2.45) is 5.92 Å². The van der Waals surface area contributed by atoms with Gasteiger partial charge in [-0.05, 0) is 72.8 Å². The zero-order chi connectivity index (χ0) is 27.1. The van der Waals surface area contributed by atoms with Crippen molar-refractivity contribution in [3.05, 3.63) is 93.6 Å². The minimum atomic E-state index is -0.169. The smallest absolute Gasteiger partial charge is 0.312 e. The Kier molecular flexibility index (Phi) is 6.86. The molecule has 0 bridgehead atoms. The first-order chi connectivity index (χ1) is 19.0. The van der Waals surface area contributed by atoms with Gasteiger partial charge in [0.15, 0.2) is 0 Å². The van der Waals surface area contributed by atoms with E-state index in [0.717, 1.165) is 43.9 Å². The number of anilines is 1. The second kappa shape index (κ2) is 10.5. The van der Waals surface area contributed by atoms with E-state index in [4.69, 9.17) is 16.3 Å². The van der Waals surface area contributed by atoms with Crippen LogP contribution in [0.2, 0.25) is 5.02 Å². The van der Waals surface area contributed by atoms with E-state index < -0.39 is 0 Å². The molecule has 3 heterocycles. The monoisotopic (exact) mass is 569 g/mol. The van der Waals surface area contributed by atoms with Crippen molar-refractivity contribution >= 4 is 57.4 Å². The Morgan fingerprint density at radius 3 is 2.64 bits per heavy atom. The van der Waals surface area contributed by atoms with Crippen molar-refractivity contribution in [2.45, 2.75) is 11.8 Å². The van der Waals surface area contributed by atoms with Gasteiger partial charge in [-0.2, -0.15) is 5.26 Å². The van der Waals surface area contributed by atoms with Crippen molar-refractivity contribution in [1.82, 2.24) is 3.97 Å². The summed E-state index contributed by atoms with van der Waals surface area (Å²) < 4.78 is 7.17. The number of esters is 1. The van der Waals surface area contributed by atoms with E-state index in [1.807, 2.05) is 35.7 Å². The summed E-state index contributed by atoms with van der Waals surface area (Å²) in [5, 5.41) is 13.5. The molecule has 1 saturated heterocycles. The Balaban J connectivity index is 1.56. The van der Waals surface area contributed by atoms with Gasteiger partial charge in [0.25, 0.3) is 0 Å². The maximum absolute atomic E-state index is 12.0. The van der Waals surface area contributed by atoms with Gasteiger partial charge in [-0.1, -0.05) is 41.4 Å². The summed E-state index contributed by atoms with van der Waals surface area (Å²) in [6.07, 6.45) is 0. The summed E-state index contributed by atoms with van der Waals surface area (Å²) in [7, 11) is 1.43. The highest BCUT2D eigenvalue weighted by atomic mass is 35.5. The summed E-state index contributed by atoms with van der Waals surface area (Å²) in [6.45, 7) is 3.34. The fourth-order valence-corrected chi connectivity index (χ4v) is 6.89. The van der Waals surface area contributed by atoms with Crippen LogP contribution in [0.1, 0.15) is 10.4 Å². The summed E-state index contributed by atoms with van der Waals surface area (Å²) in [6, 6.07) is 27.2. The van der Waals surface area contributed by atoms with Crippen LogP contribution in [0.4, 0.5) is 5.69 Å². The van der Waals surface area contributed by atoms with Crippen molar-refractivity contribution < 1.29 is 9.53 Å². The van der Waals surface area contributed by atoms with Crippen molar-refractivity contribution in [2.75, 3.05) is 25.1 Å². The first-order valence-corrected chi connectivity index (χ1v) is 14.5. The molecule has 0 N–H and O–H groups in total. The first-order valence-electron chi connectivity index (χ1n) is 12.5. The number of hydrogen-bond acceptors (Lipinski definition) is 6. The predicted molar refractivity (Wildman–Crippen MR) is 161 cm³/mol. The van der Waals surface area contributed by atoms with E-state index in [9.17, 15) is 10.1 Å². The number of rotatable bonds is 6. The fraction of sp³-hybridized carbons (Fsp3) is 0.161. The van der Waals surface area contributed by atoms with Gasteiger partial charge in [-0.3, -0.25) is 8.77 Å². The van der Waals surface area contributed by atoms with Crippen molar-refractivity contribution in [3.8, 4) is 28.5 Å². The Morgan fingerprint density at radius 1 is 1.10 bits per heavy atom. The minimum absolute atomic E-state index is 0.108. The van der Waals surface area contributed by atoms with Crippen LogP contribution in [-0.4, -0.2) is 30.1 Å². The Hall–Kier alpha value is -3.70. The highest BCUT2D eigenvalue weighted by Crippen LogP contribution is 2.47. The molecule has 0 aliphatic carbocycles. The Bertz CT molecular complexity index is 1740. The number of thiophene rings is 1. The van der Waals surface area contributed by atoms with E-state index in [1.165, 1.54) is 24.0 Å². The molecule has 5 nitrogen and oxygen atoms in total. The number of nitrogens with zero attached hydrogens (tertiary/aromatic N) is 3. The topological polar surface area (TPSA) is 58.3 Å². The van der Waals surface area contributed by atoms with Crippen LogP contribution in [0.25, 0.3) is 33.3 Å². The van der Waals surface area contributed by atoms with Crippen LogP contribution in [0.3, 0.4) is 0 Å². The van der Waals surface area contributed by atoms with E-state index in [-0.39, 0.29) is 11.9 Å². The summed E-state index contributed by atoms with van der Waals surface area (Å²) in [5.41, 5.74) is 7.16. The zero-order valence-electron chi connectivity index (χ0n) is 21.3. The molecule has 0 radical (unpaired) electrons. The molecule has 1 aliphatic rings. The molecule has 5 aromatic rings. The lowest BCUT2D eigenvalue weighted by molar-refractivity contribution is -0.146. The predicted octanol–water partition coefficient (Wildman–Crippen LogP) is 8.03. The fourth-order valence-electron chi connectivity index (χ4n) is 5.02. The third-order valence-corrected chi connectivity index (χ3v) is 9.14. The number of hydrogen-bond donors (Lipinski definition) is 0. The lowest BCUT2D eigenvalue weighted by Gasteiger charge is -2.39. The average molecular weight is 570 g/mol. The summed E-state index contributed by atoms with van der Waals surface area (Å²) in [4.78, 5) is 15.9. The zero-order valence-corrected chi connectivity index (χ0v) is 23.7. The van der Waals surface area contributed by atoms with Gasteiger partial charge in [-0.25, -0.2) is 0 Å². The molecule has 0 unspecified atom stereocenters. The molecule has 1 aliphatic heterocycles. The number of benzene rings is 3. The molecule has 8 heteroatoms. The SMILES string of the molecule is COC(=O)C1CN(c2cccc(-c3c(-c4ccsc4C#N)c4cc(Cl)ccc4n3Sc3ccc(C)cc3)c2)C1. The average Bonchev–Trinajstić information content (AvgIpc) is 3.51. The number of methoxy groups -OCH3 is 1. The standard InChI is InChI=1S/C31H24ClN3O2S2/c1-19-6-9-24(10-7-19)39-35-27-11-8-22(32)15-26(27)29(25-12-13-38-28(25)16-33)30(35)20-4-3-5-23(14-20)34-17-21(18-34)31(36)37-2/h3-15,21H,17-18H2,1-2H3. The number of carbonyl (C=O) groups is 1. The molecule has 3 aromatic carbocycles. The maximum atomic E-state index is 12.0. The van der Waals surface area contributed by atoms with E-state index in [2.05, 4.69) is 64.3 Å². The second-order valence-electron chi connectivity index (χ2n) is 9.53. The number of aromatic nitrogens is 1. The molecule has 2 aromatic heterocycles. The molecular weight excluding hydrogens is 546 g/mol. The highest BCUT2D eigenvalue weighted by molar-refractivity contribution is 7.98. The lowest BCUT2D eigenvalue weighted by Crippen LogP contribution is -2.50.